The molecule has 0 radical (unpaired) electrons. The molecule has 0 aliphatic carbocycles. The highest BCUT2D eigenvalue weighted by Gasteiger charge is 2.09. The molecule has 0 amide bonds. The van der Waals surface area contributed by atoms with Gasteiger partial charge in [-0.15, -0.1) is 0 Å². The fourth-order valence-electron chi connectivity index (χ4n) is 2.52. The summed E-state index contributed by atoms with van der Waals surface area (Å²) < 4.78 is 11.8. The number of benzene rings is 2. The van der Waals surface area contributed by atoms with Gasteiger partial charge in [0.1, 0.15) is 11.5 Å². The highest BCUT2D eigenvalue weighted by molar-refractivity contribution is 9.10. The first-order chi connectivity index (χ1) is 13.1. The van der Waals surface area contributed by atoms with Crippen LogP contribution in [0.15, 0.2) is 69.6 Å². The molecular formula is C22H16BrNO3. The average molecular weight is 422 g/mol. The summed E-state index contributed by atoms with van der Waals surface area (Å²) in [5.74, 6) is 0.893. The van der Waals surface area contributed by atoms with Gasteiger partial charge in [-0.2, -0.15) is 5.26 Å². The number of nitrogens with zero attached hydrogens (tertiary/aromatic N) is 1. The predicted molar refractivity (Wildman–Crippen MR) is 108 cm³/mol. The van der Waals surface area contributed by atoms with Crippen LogP contribution in [0, 0.1) is 11.3 Å². The Labute approximate surface area is 165 Å². The summed E-state index contributed by atoms with van der Waals surface area (Å²) in [6.45, 7) is 2.11. The normalized spacial score (nSPS) is 11.1. The number of esters is 1. The topological polar surface area (TPSA) is 63.2 Å². The van der Waals surface area contributed by atoms with Crippen LogP contribution in [0.3, 0.4) is 0 Å². The molecule has 0 aliphatic heterocycles. The van der Waals surface area contributed by atoms with E-state index in [1.54, 1.807) is 37.3 Å². The zero-order valence-corrected chi connectivity index (χ0v) is 16.2. The maximum atomic E-state index is 11.7. The fraction of sp³-hybridized carbons (Fsp3) is 0.0909. The monoisotopic (exact) mass is 421 g/mol. The molecule has 134 valence electrons. The van der Waals surface area contributed by atoms with E-state index in [-0.39, 0.29) is 5.97 Å². The van der Waals surface area contributed by atoms with E-state index in [9.17, 15) is 10.1 Å². The Kier molecular flexibility index (Phi) is 5.90. The molecule has 4 nitrogen and oxygen atoms in total. The summed E-state index contributed by atoms with van der Waals surface area (Å²) in [6.07, 6.45) is 1.71. The van der Waals surface area contributed by atoms with Gasteiger partial charge >= 0.3 is 5.97 Å². The number of rotatable bonds is 5. The largest absolute Gasteiger partial charge is 0.462 e. The van der Waals surface area contributed by atoms with E-state index < -0.39 is 0 Å². The van der Waals surface area contributed by atoms with Crippen molar-refractivity contribution in [3.63, 3.8) is 0 Å². The lowest BCUT2D eigenvalue weighted by atomic mass is 10.1. The highest BCUT2D eigenvalue weighted by atomic mass is 79.9. The molecule has 0 fully saturated rings. The molecule has 2 aromatic carbocycles. The van der Waals surface area contributed by atoms with Crippen LogP contribution in [-0.2, 0) is 4.74 Å². The van der Waals surface area contributed by atoms with Gasteiger partial charge in [-0.3, -0.25) is 0 Å². The molecule has 0 N–H and O–H groups in total. The fourth-order valence-corrected chi connectivity index (χ4v) is 2.79. The standard InChI is InChI=1S/C22H16BrNO3/c1-2-26-22(25)17-5-3-16(4-6-17)21-12-11-20(27-21)13-18(14-24)15-7-9-19(23)10-8-15/h3-13H,2H2,1H3/b18-13-. The van der Waals surface area contributed by atoms with Gasteiger partial charge in [0.05, 0.1) is 23.8 Å². The third-order valence-electron chi connectivity index (χ3n) is 3.87. The lowest BCUT2D eigenvalue weighted by Gasteiger charge is -2.02. The van der Waals surface area contributed by atoms with E-state index in [1.807, 2.05) is 36.4 Å². The first-order valence-corrected chi connectivity index (χ1v) is 9.15. The maximum Gasteiger partial charge on any atom is 0.338 e. The second-order valence-corrected chi connectivity index (χ2v) is 6.59. The van der Waals surface area contributed by atoms with Crippen LogP contribution in [-0.4, -0.2) is 12.6 Å². The summed E-state index contributed by atoms with van der Waals surface area (Å²) in [4.78, 5) is 11.7. The average Bonchev–Trinajstić information content (AvgIpc) is 3.16. The van der Waals surface area contributed by atoms with Crippen molar-refractivity contribution in [3.8, 4) is 17.4 Å². The Balaban J connectivity index is 1.82. The highest BCUT2D eigenvalue weighted by Crippen LogP contribution is 2.26. The zero-order valence-electron chi connectivity index (χ0n) is 14.6. The van der Waals surface area contributed by atoms with Crippen molar-refractivity contribution in [2.45, 2.75) is 6.92 Å². The van der Waals surface area contributed by atoms with E-state index in [0.29, 0.717) is 29.3 Å². The Morgan fingerprint density at radius 2 is 1.74 bits per heavy atom. The van der Waals surface area contributed by atoms with Gasteiger partial charge in [-0.25, -0.2) is 4.79 Å². The van der Waals surface area contributed by atoms with Gasteiger partial charge < -0.3 is 9.15 Å². The zero-order chi connectivity index (χ0) is 19.2. The number of halogens is 1. The number of hydrogen-bond donors (Lipinski definition) is 0. The molecule has 3 rings (SSSR count). The molecule has 0 spiro atoms. The van der Waals surface area contributed by atoms with Crippen molar-refractivity contribution >= 4 is 33.5 Å². The molecule has 5 heteroatoms. The van der Waals surface area contributed by atoms with Crippen molar-refractivity contribution in [2.75, 3.05) is 6.61 Å². The van der Waals surface area contributed by atoms with E-state index in [2.05, 4.69) is 22.0 Å². The SMILES string of the molecule is CCOC(=O)c1ccc(-c2ccc(/C=C(/C#N)c3ccc(Br)cc3)o2)cc1. The minimum atomic E-state index is -0.347. The van der Waals surface area contributed by atoms with E-state index in [0.717, 1.165) is 15.6 Å². The number of carbonyl (C=O) groups is 1. The maximum absolute atomic E-state index is 11.7. The number of nitriles is 1. The van der Waals surface area contributed by atoms with E-state index >= 15 is 0 Å². The van der Waals surface area contributed by atoms with Gasteiger partial charge in [-0.1, -0.05) is 40.2 Å². The van der Waals surface area contributed by atoms with Crippen molar-refractivity contribution in [2.24, 2.45) is 0 Å². The van der Waals surface area contributed by atoms with Gasteiger partial charge in [0.2, 0.25) is 0 Å². The molecule has 27 heavy (non-hydrogen) atoms. The predicted octanol–water partition coefficient (Wildman–Crippen LogP) is 5.95. The molecule has 0 aliphatic rings. The summed E-state index contributed by atoms with van der Waals surface area (Å²) in [7, 11) is 0. The molecule has 0 atom stereocenters. The minimum Gasteiger partial charge on any atom is -0.462 e. The second-order valence-electron chi connectivity index (χ2n) is 5.68. The van der Waals surface area contributed by atoms with Gasteiger partial charge in [0.25, 0.3) is 0 Å². The third kappa shape index (κ3) is 4.55. The molecule has 0 saturated heterocycles. The first-order valence-electron chi connectivity index (χ1n) is 8.36. The van der Waals surface area contributed by atoms with Gasteiger partial charge in [0, 0.05) is 10.0 Å². The van der Waals surface area contributed by atoms with Gasteiger partial charge in [0.15, 0.2) is 0 Å². The summed E-state index contributed by atoms with van der Waals surface area (Å²) in [6, 6.07) is 20.4. The summed E-state index contributed by atoms with van der Waals surface area (Å²) in [5, 5.41) is 9.44. The van der Waals surface area contributed by atoms with Gasteiger partial charge in [-0.05, 0) is 55.0 Å². The van der Waals surface area contributed by atoms with Crippen LogP contribution >= 0.6 is 15.9 Å². The van der Waals surface area contributed by atoms with E-state index in [1.165, 1.54) is 0 Å². The van der Waals surface area contributed by atoms with Crippen molar-refractivity contribution in [1.29, 1.82) is 5.26 Å². The Morgan fingerprint density at radius 1 is 1.07 bits per heavy atom. The first kappa shape index (κ1) is 18.7. The third-order valence-corrected chi connectivity index (χ3v) is 4.40. The van der Waals surface area contributed by atoms with Crippen LogP contribution in [0.1, 0.15) is 28.6 Å². The number of carbonyl (C=O) groups excluding carboxylic acids is 1. The number of allylic oxidation sites excluding steroid dienone is 1. The van der Waals surface area contributed by atoms with Crippen molar-refractivity contribution in [3.05, 3.63) is 82.0 Å². The Bertz CT molecular complexity index is 1010. The molecule has 1 aromatic heterocycles. The van der Waals surface area contributed by atoms with Crippen LogP contribution in [0.5, 0.6) is 0 Å². The minimum absolute atomic E-state index is 0.341. The van der Waals surface area contributed by atoms with Crippen LogP contribution in [0.25, 0.3) is 23.0 Å². The van der Waals surface area contributed by atoms with E-state index in [4.69, 9.17) is 9.15 Å². The second kappa shape index (κ2) is 8.52. The Hall–Kier alpha value is -3.10. The lowest BCUT2D eigenvalue weighted by Crippen LogP contribution is -2.03. The smallest absolute Gasteiger partial charge is 0.338 e. The molecular weight excluding hydrogens is 406 g/mol. The number of hydrogen-bond acceptors (Lipinski definition) is 4. The summed E-state index contributed by atoms with van der Waals surface area (Å²) >= 11 is 3.39. The summed E-state index contributed by atoms with van der Waals surface area (Å²) in [5.41, 5.74) is 2.66. The number of furan rings is 1. The molecule has 1 heterocycles. The van der Waals surface area contributed by atoms with Crippen molar-refractivity contribution in [1.82, 2.24) is 0 Å². The molecule has 0 unspecified atom stereocenters. The van der Waals surface area contributed by atoms with Crippen molar-refractivity contribution < 1.29 is 13.9 Å². The quantitative estimate of drug-likeness (QED) is 0.377. The Morgan fingerprint density at radius 3 is 2.37 bits per heavy atom. The number of ether oxygens (including phenoxy) is 1. The van der Waals surface area contributed by atoms with Crippen LogP contribution in [0.2, 0.25) is 0 Å². The van der Waals surface area contributed by atoms with Crippen LogP contribution < -0.4 is 0 Å². The molecule has 0 bridgehead atoms. The molecule has 0 saturated carbocycles. The molecule has 3 aromatic rings. The van der Waals surface area contributed by atoms with Crippen LogP contribution in [0.4, 0.5) is 0 Å². The lowest BCUT2D eigenvalue weighted by molar-refractivity contribution is 0.0526.